The molecule has 4 heteroatoms. The molecule has 0 saturated heterocycles. The molecule has 0 bridgehead atoms. The van der Waals surface area contributed by atoms with Crippen molar-refractivity contribution < 1.29 is 5.11 Å². The molecule has 0 aliphatic rings. The van der Waals surface area contributed by atoms with Gasteiger partial charge in [-0.3, -0.25) is 0 Å². The molecule has 4 rings (SSSR count). The maximum Gasteiger partial charge on any atom is 0.113 e. The Morgan fingerprint density at radius 2 is 1.46 bits per heavy atom. The number of para-hydroxylation sites is 1. The van der Waals surface area contributed by atoms with Crippen LogP contribution in [0, 0.1) is 0 Å². The van der Waals surface area contributed by atoms with Crippen LogP contribution in [0.25, 0.3) is 17.1 Å². The normalized spacial score (nSPS) is 13.9. The lowest BCUT2D eigenvalue weighted by atomic mass is 10.0. The molecule has 4 nitrogen and oxygen atoms in total. The van der Waals surface area contributed by atoms with E-state index in [9.17, 15) is 5.11 Å². The predicted octanol–water partition coefficient (Wildman–Crippen LogP) is 4.42. The highest BCUT2D eigenvalue weighted by molar-refractivity contribution is 5.74. The van der Waals surface area contributed by atoms with Crippen LogP contribution in [0.3, 0.4) is 0 Å². The summed E-state index contributed by atoms with van der Waals surface area (Å²) in [4.78, 5) is 0. The summed E-state index contributed by atoms with van der Waals surface area (Å²) in [6.45, 7) is 0. The number of aromatic nitrogens is 3. The van der Waals surface area contributed by atoms with Crippen molar-refractivity contribution in [2.45, 2.75) is 12.1 Å². The lowest BCUT2D eigenvalue weighted by Gasteiger charge is -2.21. The standard InChI is InChI=1S/C22H19N3O/c26-22(18-11-5-2-6-12-18)21(16-15-17-9-3-1-4-10-17)25-20-14-8-7-13-19(20)23-24-25/h1-16,21-22,26H/b16-15+. The Morgan fingerprint density at radius 3 is 2.23 bits per heavy atom. The summed E-state index contributed by atoms with van der Waals surface area (Å²) < 4.78 is 1.78. The number of hydrogen-bond donors (Lipinski definition) is 1. The maximum atomic E-state index is 11.0. The summed E-state index contributed by atoms with van der Waals surface area (Å²) in [6, 6.07) is 27.1. The monoisotopic (exact) mass is 341 g/mol. The van der Waals surface area contributed by atoms with Crippen molar-refractivity contribution in [1.82, 2.24) is 15.0 Å². The summed E-state index contributed by atoms with van der Waals surface area (Å²) in [5, 5.41) is 19.6. The third-order valence-electron chi connectivity index (χ3n) is 4.41. The predicted molar refractivity (Wildman–Crippen MR) is 103 cm³/mol. The van der Waals surface area contributed by atoms with Crippen LogP contribution in [0.2, 0.25) is 0 Å². The van der Waals surface area contributed by atoms with Crippen LogP contribution < -0.4 is 0 Å². The fourth-order valence-corrected chi connectivity index (χ4v) is 3.05. The zero-order valence-electron chi connectivity index (χ0n) is 14.2. The Balaban J connectivity index is 1.77. The summed E-state index contributed by atoms with van der Waals surface area (Å²) >= 11 is 0. The van der Waals surface area contributed by atoms with E-state index in [2.05, 4.69) is 10.3 Å². The van der Waals surface area contributed by atoms with Gasteiger partial charge in [-0.1, -0.05) is 90.2 Å². The van der Waals surface area contributed by atoms with Crippen molar-refractivity contribution >= 4 is 17.1 Å². The second kappa shape index (κ2) is 7.33. The molecule has 1 heterocycles. The SMILES string of the molecule is OC(c1ccccc1)C(/C=C/c1ccccc1)n1nnc2ccccc21. The van der Waals surface area contributed by atoms with Gasteiger partial charge in [-0.2, -0.15) is 0 Å². The first-order valence-corrected chi connectivity index (χ1v) is 8.59. The summed E-state index contributed by atoms with van der Waals surface area (Å²) in [7, 11) is 0. The molecule has 1 aromatic heterocycles. The van der Waals surface area contributed by atoms with Gasteiger partial charge in [0.1, 0.15) is 17.7 Å². The van der Waals surface area contributed by atoms with Crippen molar-refractivity contribution in [1.29, 1.82) is 0 Å². The molecule has 0 aliphatic heterocycles. The van der Waals surface area contributed by atoms with E-state index in [0.29, 0.717) is 0 Å². The molecular formula is C22H19N3O. The number of hydrogen-bond acceptors (Lipinski definition) is 3. The molecule has 3 aromatic carbocycles. The molecule has 2 atom stereocenters. The van der Waals surface area contributed by atoms with Gasteiger partial charge in [0.25, 0.3) is 0 Å². The van der Waals surface area contributed by atoms with Gasteiger partial charge in [-0.05, 0) is 23.3 Å². The van der Waals surface area contributed by atoms with Crippen LogP contribution in [0.15, 0.2) is 91.0 Å². The number of nitrogens with zero attached hydrogens (tertiary/aromatic N) is 3. The van der Waals surface area contributed by atoms with Crippen molar-refractivity contribution in [2.75, 3.05) is 0 Å². The third-order valence-corrected chi connectivity index (χ3v) is 4.41. The molecule has 2 unspecified atom stereocenters. The van der Waals surface area contributed by atoms with Gasteiger partial charge in [-0.25, -0.2) is 4.68 Å². The van der Waals surface area contributed by atoms with Crippen molar-refractivity contribution in [3.05, 3.63) is 102 Å². The molecule has 0 amide bonds. The van der Waals surface area contributed by atoms with Crippen molar-refractivity contribution in [3.8, 4) is 0 Å². The molecule has 128 valence electrons. The molecule has 0 radical (unpaired) electrons. The summed E-state index contributed by atoms with van der Waals surface area (Å²) in [5.41, 5.74) is 3.62. The summed E-state index contributed by atoms with van der Waals surface area (Å²) in [6.07, 6.45) is 3.25. The molecule has 26 heavy (non-hydrogen) atoms. The largest absolute Gasteiger partial charge is 0.386 e. The van der Waals surface area contributed by atoms with Gasteiger partial charge in [0, 0.05) is 0 Å². The van der Waals surface area contributed by atoms with Gasteiger partial charge in [0.2, 0.25) is 0 Å². The second-order valence-electron chi connectivity index (χ2n) is 6.14. The topological polar surface area (TPSA) is 50.9 Å². The number of fused-ring (bicyclic) bond motifs is 1. The van der Waals surface area contributed by atoms with Crippen LogP contribution in [0.5, 0.6) is 0 Å². The molecule has 0 saturated carbocycles. The third kappa shape index (κ3) is 3.27. The zero-order chi connectivity index (χ0) is 17.8. The Labute approximate surface area is 152 Å². The average Bonchev–Trinajstić information content (AvgIpc) is 3.13. The minimum atomic E-state index is -0.735. The van der Waals surface area contributed by atoms with Gasteiger partial charge in [-0.15, -0.1) is 5.10 Å². The first-order valence-electron chi connectivity index (χ1n) is 8.59. The Morgan fingerprint density at radius 1 is 0.808 bits per heavy atom. The van der Waals surface area contributed by atoms with Crippen molar-refractivity contribution in [3.63, 3.8) is 0 Å². The quantitative estimate of drug-likeness (QED) is 0.584. The smallest absolute Gasteiger partial charge is 0.113 e. The first kappa shape index (κ1) is 16.2. The Hall–Kier alpha value is -3.24. The first-order chi connectivity index (χ1) is 12.8. The lowest BCUT2D eigenvalue weighted by molar-refractivity contribution is 0.130. The van der Waals surface area contributed by atoms with Crippen LogP contribution >= 0.6 is 0 Å². The van der Waals surface area contributed by atoms with E-state index < -0.39 is 6.10 Å². The molecular weight excluding hydrogens is 322 g/mol. The average molecular weight is 341 g/mol. The van der Waals surface area contributed by atoms with E-state index in [1.165, 1.54) is 0 Å². The van der Waals surface area contributed by atoms with E-state index in [4.69, 9.17) is 0 Å². The summed E-state index contributed by atoms with van der Waals surface area (Å²) in [5.74, 6) is 0. The minimum Gasteiger partial charge on any atom is -0.386 e. The lowest BCUT2D eigenvalue weighted by Crippen LogP contribution is -2.17. The van der Waals surface area contributed by atoms with E-state index in [-0.39, 0.29) is 6.04 Å². The fraction of sp³-hybridized carbons (Fsp3) is 0.0909. The second-order valence-corrected chi connectivity index (χ2v) is 6.14. The van der Waals surface area contributed by atoms with E-state index >= 15 is 0 Å². The van der Waals surface area contributed by atoms with Crippen LogP contribution in [-0.2, 0) is 0 Å². The Bertz CT molecular complexity index is 1010. The number of benzene rings is 3. The van der Waals surface area contributed by atoms with E-state index in [0.717, 1.165) is 22.2 Å². The molecule has 4 aromatic rings. The van der Waals surface area contributed by atoms with E-state index in [1.807, 2.05) is 97.1 Å². The number of rotatable bonds is 5. The highest BCUT2D eigenvalue weighted by atomic mass is 16.3. The fourth-order valence-electron chi connectivity index (χ4n) is 3.05. The minimum absolute atomic E-state index is 0.370. The van der Waals surface area contributed by atoms with Gasteiger partial charge in [0.05, 0.1) is 5.52 Å². The molecule has 0 spiro atoms. The van der Waals surface area contributed by atoms with Gasteiger partial charge in [0.15, 0.2) is 0 Å². The van der Waals surface area contributed by atoms with E-state index in [1.54, 1.807) is 4.68 Å². The van der Waals surface area contributed by atoms with Gasteiger partial charge < -0.3 is 5.11 Å². The van der Waals surface area contributed by atoms with Crippen molar-refractivity contribution in [2.24, 2.45) is 0 Å². The molecule has 0 aliphatic carbocycles. The number of aliphatic hydroxyl groups excluding tert-OH is 1. The zero-order valence-corrected chi connectivity index (χ0v) is 14.2. The highest BCUT2D eigenvalue weighted by Crippen LogP contribution is 2.30. The molecule has 1 N–H and O–H groups in total. The molecule has 0 fully saturated rings. The van der Waals surface area contributed by atoms with Crippen LogP contribution in [0.4, 0.5) is 0 Å². The highest BCUT2D eigenvalue weighted by Gasteiger charge is 2.23. The maximum absolute atomic E-state index is 11.0. The van der Waals surface area contributed by atoms with Crippen LogP contribution in [-0.4, -0.2) is 20.1 Å². The van der Waals surface area contributed by atoms with Gasteiger partial charge >= 0.3 is 0 Å². The van der Waals surface area contributed by atoms with Crippen LogP contribution in [0.1, 0.15) is 23.3 Å². The Kier molecular flexibility index (Phi) is 4.58. The number of aliphatic hydroxyl groups is 1.